The lowest BCUT2D eigenvalue weighted by Gasteiger charge is -2.30. The van der Waals surface area contributed by atoms with Crippen molar-refractivity contribution in [1.29, 1.82) is 0 Å². The number of hydrogen-bond acceptors (Lipinski definition) is 4. The summed E-state index contributed by atoms with van der Waals surface area (Å²) in [6, 6.07) is 0. The lowest BCUT2D eigenvalue weighted by Crippen LogP contribution is -2.34. The van der Waals surface area contributed by atoms with Crippen LogP contribution in [-0.2, 0) is 9.53 Å². The Balaban J connectivity index is 2.07. The number of allylic oxidation sites excluding steroid dienone is 4. The van der Waals surface area contributed by atoms with Gasteiger partial charge in [0.25, 0.3) is 0 Å². The van der Waals surface area contributed by atoms with Crippen LogP contribution in [0.15, 0.2) is 52.7 Å². The minimum atomic E-state index is -0.272. The molecule has 0 amide bonds. The summed E-state index contributed by atoms with van der Waals surface area (Å²) in [5.74, 6) is 0.473. The fraction of sp³-hybridized carbons (Fsp3) is 0.286. The fourth-order valence-electron chi connectivity index (χ4n) is 2.40. The topological polar surface area (TPSA) is 38.7 Å². The molecule has 3 rings (SSSR count). The maximum Gasteiger partial charge on any atom is 0.335 e. The van der Waals surface area contributed by atoms with Gasteiger partial charge in [0.15, 0.2) is 0 Å². The Morgan fingerprint density at radius 1 is 1.50 bits per heavy atom. The number of carbonyl (C=O) groups excluding carboxylic acids is 1. The van der Waals surface area contributed by atoms with Crippen LogP contribution in [0, 0.1) is 0 Å². The third-order valence-corrected chi connectivity index (χ3v) is 4.68. The van der Waals surface area contributed by atoms with E-state index in [0.29, 0.717) is 12.4 Å². The number of hydrogen-bond donors (Lipinski definition) is 0. The molecule has 0 saturated heterocycles. The molecule has 0 bridgehead atoms. The average Bonchev–Trinajstić information content (AvgIpc) is 2.76. The first-order valence-corrected chi connectivity index (χ1v) is 6.92. The Kier molecular flexibility index (Phi) is 2.74. The van der Waals surface area contributed by atoms with Gasteiger partial charge in [-0.3, -0.25) is 4.99 Å². The molecule has 3 nitrogen and oxygen atoms in total. The molecule has 92 valence electrons. The predicted molar refractivity (Wildman–Crippen MR) is 73.7 cm³/mol. The molecular formula is C14H13NO2S. The first-order valence-electron chi connectivity index (χ1n) is 5.93. The van der Waals surface area contributed by atoms with Crippen molar-refractivity contribution < 1.29 is 9.53 Å². The minimum absolute atomic E-state index is 0.203. The highest BCUT2D eigenvalue weighted by atomic mass is 32.2. The van der Waals surface area contributed by atoms with Crippen LogP contribution in [0.3, 0.4) is 0 Å². The molecule has 3 aliphatic rings. The van der Waals surface area contributed by atoms with E-state index in [4.69, 9.17) is 4.74 Å². The van der Waals surface area contributed by atoms with Gasteiger partial charge in [0, 0.05) is 12.0 Å². The molecule has 0 aromatic heterocycles. The van der Waals surface area contributed by atoms with Crippen LogP contribution in [0.1, 0.15) is 6.92 Å². The first kappa shape index (κ1) is 11.5. The van der Waals surface area contributed by atoms with Gasteiger partial charge >= 0.3 is 5.97 Å². The van der Waals surface area contributed by atoms with Crippen molar-refractivity contribution >= 4 is 23.4 Å². The molecule has 0 aromatic rings. The van der Waals surface area contributed by atoms with Gasteiger partial charge in [0.05, 0.1) is 17.9 Å². The molecule has 0 saturated carbocycles. The zero-order valence-corrected chi connectivity index (χ0v) is 10.9. The average molecular weight is 259 g/mol. The second kappa shape index (κ2) is 4.28. The van der Waals surface area contributed by atoms with Crippen molar-refractivity contribution in [3.63, 3.8) is 0 Å². The molecule has 0 aromatic carbocycles. The van der Waals surface area contributed by atoms with Crippen molar-refractivity contribution in [2.24, 2.45) is 4.99 Å². The monoisotopic (exact) mass is 259 g/mol. The summed E-state index contributed by atoms with van der Waals surface area (Å²) in [7, 11) is 0. The summed E-state index contributed by atoms with van der Waals surface area (Å²) in [5, 5.41) is 0. The van der Waals surface area contributed by atoms with Crippen LogP contribution in [-0.4, -0.2) is 28.8 Å². The normalized spacial score (nSPS) is 27.9. The lowest BCUT2D eigenvalue weighted by atomic mass is 9.85. The summed E-state index contributed by atoms with van der Waals surface area (Å²) in [5.41, 5.74) is 2.79. The third-order valence-electron chi connectivity index (χ3n) is 3.22. The summed E-state index contributed by atoms with van der Waals surface area (Å²) >= 11 is 1.72. The number of nitrogens with zero attached hydrogens (tertiary/aromatic N) is 1. The highest BCUT2D eigenvalue weighted by Gasteiger charge is 2.45. The van der Waals surface area contributed by atoms with E-state index in [2.05, 4.69) is 11.1 Å². The second-order valence-electron chi connectivity index (χ2n) is 4.19. The fourth-order valence-corrected chi connectivity index (χ4v) is 3.84. The molecule has 1 atom stereocenters. The van der Waals surface area contributed by atoms with Crippen LogP contribution < -0.4 is 0 Å². The quantitative estimate of drug-likeness (QED) is 0.715. The summed E-state index contributed by atoms with van der Waals surface area (Å²) < 4.78 is 4.85. The smallest absolute Gasteiger partial charge is 0.335 e. The van der Waals surface area contributed by atoms with Gasteiger partial charge in [-0.05, 0) is 24.6 Å². The van der Waals surface area contributed by atoms with Crippen LogP contribution in [0.4, 0.5) is 0 Å². The van der Waals surface area contributed by atoms with E-state index in [1.165, 1.54) is 0 Å². The largest absolute Gasteiger partial charge is 0.463 e. The number of esters is 1. The lowest BCUT2D eigenvalue weighted by molar-refractivity contribution is -0.138. The molecule has 2 aliphatic heterocycles. The van der Waals surface area contributed by atoms with E-state index in [0.717, 1.165) is 16.9 Å². The first-order chi connectivity index (χ1) is 8.78. The molecule has 4 heteroatoms. The number of carbonyl (C=O) groups is 1. The second-order valence-corrected chi connectivity index (χ2v) is 5.41. The highest BCUT2D eigenvalue weighted by Crippen LogP contribution is 2.48. The zero-order chi connectivity index (χ0) is 12.6. The number of thioether (sulfide) groups is 1. The number of rotatable bonds is 2. The van der Waals surface area contributed by atoms with E-state index in [-0.39, 0.29) is 10.7 Å². The van der Waals surface area contributed by atoms with E-state index in [9.17, 15) is 4.79 Å². The molecule has 0 radical (unpaired) electrons. The molecule has 18 heavy (non-hydrogen) atoms. The zero-order valence-electron chi connectivity index (χ0n) is 10.1. The van der Waals surface area contributed by atoms with Gasteiger partial charge in [-0.15, -0.1) is 11.8 Å². The van der Waals surface area contributed by atoms with E-state index in [1.54, 1.807) is 18.0 Å². The molecule has 2 heterocycles. The number of ether oxygens (including phenoxy) is 1. The van der Waals surface area contributed by atoms with Crippen molar-refractivity contribution in [1.82, 2.24) is 0 Å². The Labute approximate surface area is 110 Å². The van der Waals surface area contributed by atoms with E-state index < -0.39 is 0 Å². The van der Waals surface area contributed by atoms with Crippen LogP contribution in [0.25, 0.3) is 0 Å². The Hall–Kier alpha value is -1.55. The maximum absolute atomic E-state index is 12.0. The van der Waals surface area contributed by atoms with E-state index >= 15 is 0 Å². The van der Waals surface area contributed by atoms with Gasteiger partial charge < -0.3 is 4.74 Å². The maximum atomic E-state index is 12.0. The molecule has 0 N–H and O–H groups in total. The Morgan fingerprint density at radius 2 is 2.39 bits per heavy atom. The molecule has 1 spiro atoms. The van der Waals surface area contributed by atoms with Crippen molar-refractivity contribution in [2.75, 3.05) is 12.4 Å². The molecule has 0 fully saturated rings. The van der Waals surface area contributed by atoms with Crippen LogP contribution >= 0.6 is 11.8 Å². The van der Waals surface area contributed by atoms with Gasteiger partial charge in [-0.1, -0.05) is 18.2 Å². The molecule has 1 aliphatic carbocycles. The summed E-state index contributed by atoms with van der Waals surface area (Å²) in [4.78, 5) is 16.4. The van der Waals surface area contributed by atoms with Crippen molar-refractivity contribution in [3.05, 3.63) is 47.7 Å². The van der Waals surface area contributed by atoms with Gasteiger partial charge in [0.1, 0.15) is 4.75 Å². The molecular weight excluding hydrogens is 246 g/mol. The van der Waals surface area contributed by atoms with Crippen LogP contribution in [0.2, 0.25) is 0 Å². The van der Waals surface area contributed by atoms with Crippen LogP contribution in [0.5, 0.6) is 0 Å². The SMILES string of the molecule is CCOC(=O)C1=C2C=CN=C3C=CC=CC32SC1. The minimum Gasteiger partial charge on any atom is -0.463 e. The predicted octanol–water partition coefficient (Wildman–Crippen LogP) is 2.43. The Morgan fingerprint density at radius 3 is 3.22 bits per heavy atom. The van der Waals surface area contributed by atoms with Crippen molar-refractivity contribution in [3.8, 4) is 0 Å². The van der Waals surface area contributed by atoms with E-state index in [1.807, 2.05) is 31.2 Å². The highest BCUT2D eigenvalue weighted by molar-refractivity contribution is 8.02. The Bertz CT molecular complexity index is 554. The number of aliphatic imine (C=N–C) groups is 1. The van der Waals surface area contributed by atoms with Gasteiger partial charge in [0.2, 0.25) is 0 Å². The van der Waals surface area contributed by atoms with Gasteiger partial charge in [-0.2, -0.15) is 0 Å². The summed E-state index contributed by atoms with van der Waals surface area (Å²) in [6.45, 7) is 2.24. The standard InChI is InChI=1S/C14H13NO2S/c1-2-17-13(16)10-9-18-14-7-4-3-5-12(14)15-8-6-11(10)14/h3-8H,2,9H2,1H3. The van der Waals surface area contributed by atoms with Gasteiger partial charge in [-0.25, -0.2) is 4.79 Å². The summed E-state index contributed by atoms with van der Waals surface area (Å²) in [6.07, 6.45) is 11.8. The molecule has 1 unspecified atom stereocenters. The third kappa shape index (κ3) is 1.52. The van der Waals surface area contributed by atoms with Crippen molar-refractivity contribution in [2.45, 2.75) is 11.7 Å².